The number of carboxylic acids is 1. The highest BCUT2D eigenvalue weighted by molar-refractivity contribution is 5.76. The molecule has 21 heavy (non-hydrogen) atoms. The number of hydrogen-bond acceptors (Lipinski definition) is 2. The average molecular weight is 292 g/mol. The van der Waals surface area contributed by atoms with E-state index < -0.39 is 5.97 Å². The molecule has 2 amide bonds. The molecule has 0 heterocycles. The van der Waals surface area contributed by atoms with Crippen LogP contribution in [0.25, 0.3) is 0 Å². The van der Waals surface area contributed by atoms with E-state index in [1.165, 1.54) is 0 Å². The number of benzene rings is 1. The normalized spacial score (nSPS) is 11.8. The minimum absolute atomic E-state index is 0.0392. The molecule has 0 saturated carbocycles. The van der Waals surface area contributed by atoms with Crippen LogP contribution in [-0.2, 0) is 11.3 Å². The molecule has 0 aliphatic rings. The first-order chi connectivity index (χ1) is 9.99. The summed E-state index contributed by atoms with van der Waals surface area (Å²) in [6, 6.07) is 9.35. The van der Waals surface area contributed by atoms with E-state index in [1.807, 2.05) is 44.2 Å². The molecule has 0 aromatic heterocycles. The third-order valence-electron chi connectivity index (χ3n) is 3.46. The quantitative estimate of drug-likeness (QED) is 0.840. The topological polar surface area (TPSA) is 60.9 Å². The van der Waals surface area contributed by atoms with E-state index in [0.717, 1.165) is 5.56 Å². The first-order valence-electron chi connectivity index (χ1n) is 7.30. The van der Waals surface area contributed by atoms with Crippen molar-refractivity contribution < 1.29 is 14.7 Å². The molecule has 1 N–H and O–H groups in total. The van der Waals surface area contributed by atoms with Gasteiger partial charge in [-0.2, -0.15) is 0 Å². The first kappa shape index (κ1) is 17.0. The molecule has 1 unspecified atom stereocenters. The van der Waals surface area contributed by atoms with E-state index in [9.17, 15) is 9.59 Å². The molecular formula is C16H24N2O3. The van der Waals surface area contributed by atoms with E-state index in [2.05, 4.69) is 0 Å². The molecule has 0 radical (unpaired) electrons. The Morgan fingerprint density at radius 2 is 1.76 bits per heavy atom. The number of aliphatic carboxylic acids is 1. The van der Waals surface area contributed by atoms with Gasteiger partial charge in [0, 0.05) is 25.7 Å². The summed E-state index contributed by atoms with van der Waals surface area (Å²) in [5.74, 6) is -0.889. The maximum absolute atomic E-state index is 12.6. The van der Waals surface area contributed by atoms with Gasteiger partial charge in [-0.25, -0.2) is 4.79 Å². The van der Waals surface area contributed by atoms with E-state index in [0.29, 0.717) is 19.6 Å². The van der Waals surface area contributed by atoms with Crippen LogP contribution in [0.5, 0.6) is 0 Å². The number of rotatable bonds is 7. The molecule has 1 rings (SSSR count). The summed E-state index contributed by atoms with van der Waals surface area (Å²) in [4.78, 5) is 26.8. The Kier molecular flexibility index (Phi) is 6.72. The molecule has 5 heteroatoms. The third kappa shape index (κ3) is 5.10. The molecule has 0 bridgehead atoms. The molecule has 1 atom stereocenters. The lowest BCUT2D eigenvalue weighted by Gasteiger charge is -2.33. The maximum Gasteiger partial charge on any atom is 0.320 e. The minimum atomic E-state index is -0.889. The fourth-order valence-electron chi connectivity index (χ4n) is 2.30. The van der Waals surface area contributed by atoms with Crippen LogP contribution in [0.2, 0.25) is 0 Å². The molecule has 0 spiro atoms. The summed E-state index contributed by atoms with van der Waals surface area (Å²) in [6.07, 6.45) is -0.0392. The van der Waals surface area contributed by atoms with E-state index in [1.54, 1.807) is 16.7 Å². The standard InChI is InChI=1S/C16H24N2O3/c1-4-17(12-14-9-7-6-8-10-14)16(21)18(5-2)13(3)11-15(19)20/h6-10,13H,4-5,11-12H2,1-3H3,(H,19,20). The Bertz CT molecular complexity index is 462. The third-order valence-corrected chi connectivity index (χ3v) is 3.46. The number of hydrogen-bond donors (Lipinski definition) is 1. The van der Waals surface area contributed by atoms with Crippen molar-refractivity contribution in [2.45, 2.75) is 39.8 Å². The maximum atomic E-state index is 12.6. The van der Waals surface area contributed by atoms with Crippen molar-refractivity contribution in [3.05, 3.63) is 35.9 Å². The van der Waals surface area contributed by atoms with Crippen molar-refractivity contribution in [1.29, 1.82) is 0 Å². The number of carboxylic acid groups (broad SMARTS) is 1. The SMILES string of the molecule is CCN(Cc1ccccc1)C(=O)N(CC)C(C)CC(=O)O. The van der Waals surface area contributed by atoms with Crippen molar-refractivity contribution in [1.82, 2.24) is 9.80 Å². The van der Waals surface area contributed by atoms with Gasteiger partial charge in [-0.1, -0.05) is 30.3 Å². The summed E-state index contributed by atoms with van der Waals surface area (Å²) in [6.45, 7) is 7.18. The summed E-state index contributed by atoms with van der Waals surface area (Å²) in [7, 11) is 0. The Morgan fingerprint density at radius 3 is 2.24 bits per heavy atom. The summed E-state index contributed by atoms with van der Waals surface area (Å²) >= 11 is 0. The van der Waals surface area contributed by atoms with Gasteiger partial charge in [0.05, 0.1) is 6.42 Å². The van der Waals surface area contributed by atoms with Crippen LogP contribution in [0.15, 0.2) is 30.3 Å². The van der Waals surface area contributed by atoms with Crippen molar-refractivity contribution >= 4 is 12.0 Å². The predicted molar refractivity (Wildman–Crippen MR) is 82.0 cm³/mol. The molecule has 1 aromatic carbocycles. The fourth-order valence-corrected chi connectivity index (χ4v) is 2.30. The van der Waals surface area contributed by atoms with Gasteiger partial charge in [0.2, 0.25) is 0 Å². The van der Waals surface area contributed by atoms with E-state index in [-0.39, 0.29) is 18.5 Å². The van der Waals surface area contributed by atoms with Crippen LogP contribution < -0.4 is 0 Å². The molecular weight excluding hydrogens is 268 g/mol. The van der Waals surface area contributed by atoms with Crippen molar-refractivity contribution in [3.63, 3.8) is 0 Å². The van der Waals surface area contributed by atoms with Gasteiger partial charge in [0.25, 0.3) is 0 Å². The van der Waals surface area contributed by atoms with Gasteiger partial charge in [0.1, 0.15) is 0 Å². The van der Waals surface area contributed by atoms with E-state index >= 15 is 0 Å². The molecule has 0 aliphatic carbocycles. The Morgan fingerprint density at radius 1 is 1.14 bits per heavy atom. The lowest BCUT2D eigenvalue weighted by molar-refractivity contribution is -0.138. The molecule has 5 nitrogen and oxygen atoms in total. The van der Waals surface area contributed by atoms with Crippen LogP contribution >= 0.6 is 0 Å². The lowest BCUT2D eigenvalue weighted by Crippen LogP contribution is -2.47. The summed E-state index contributed by atoms with van der Waals surface area (Å²) in [5, 5.41) is 8.89. The minimum Gasteiger partial charge on any atom is -0.481 e. The van der Waals surface area contributed by atoms with Gasteiger partial charge in [-0.05, 0) is 26.3 Å². The smallest absolute Gasteiger partial charge is 0.320 e. The van der Waals surface area contributed by atoms with Crippen molar-refractivity contribution in [3.8, 4) is 0 Å². The van der Waals surface area contributed by atoms with Gasteiger partial charge in [-0.3, -0.25) is 4.79 Å². The predicted octanol–water partition coefficient (Wildman–Crippen LogP) is 2.81. The first-order valence-corrected chi connectivity index (χ1v) is 7.30. The largest absolute Gasteiger partial charge is 0.481 e. The monoisotopic (exact) mass is 292 g/mol. The second-order valence-electron chi connectivity index (χ2n) is 5.02. The van der Waals surface area contributed by atoms with Crippen LogP contribution in [0.1, 0.15) is 32.8 Å². The number of urea groups is 1. The lowest BCUT2D eigenvalue weighted by atomic mass is 10.2. The summed E-state index contributed by atoms with van der Waals surface area (Å²) in [5.41, 5.74) is 1.06. The van der Waals surface area contributed by atoms with E-state index in [4.69, 9.17) is 5.11 Å². The molecule has 1 aromatic rings. The zero-order chi connectivity index (χ0) is 15.8. The van der Waals surface area contributed by atoms with Gasteiger partial charge >= 0.3 is 12.0 Å². The number of carbonyl (C=O) groups is 2. The van der Waals surface area contributed by atoms with Gasteiger partial charge < -0.3 is 14.9 Å². The highest BCUT2D eigenvalue weighted by atomic mass is 16.4. The fraction of sp³-hybridized carbons (Fsp3) is 0.500. The highest BCUT2D eigenvalue weighted by Crippen LogP contribution is 2.11. The highest BCUT2D eigenvalue weighted by Gasteiger charge is 2.24. The van der Waals surface area contributed by atoms with Gasteiger partial charge in [0.15, 0.2) is 0 Å². The molecule has 0 aliphatic heterocycles. The van der Waals surface area contributed by atoms with Crippen LogP contribution in [0.3, 0.4) is 0 Å². The Hall–Kier alpha value is -2.04. The second-order valence-corrected chi connectivity index (χ2v) is 5.02. The van der Waals surface area contributed by atoms with Crippen molar-refractivity contribution in [2.75, 3.05) is 13.1 Å². The molecule has 0 fully saturated rings. The number of nitrogens with zero attached hydrogens (tertiary/aromatic N) is 2. The Balaban J connectivity index is 2.78. The number of amides is 2. The van der Waals surface area contributed by atoms with Crippen LogP contribution in [0, 0.1) is 0 Å². The van der Waals surface area contributed by atoms with Crippen LogP contribution in [0.4, 0.5) is 4.79 Å². The number of carbonyl (C=O) groups excluding carboxylic acids is 1. The summed E-state index contributed by atoms with van der Waals surface area (Å²) < 4.78 is 0. The zero-order valence-corrected chi connectivity index (χ0v) is 13.0. The molecule has 116 valence electrons. The zero-order valence-electron chi connectivity index (χ0n) is 13.0. The Labute approximate surface area is 126 Å². The van der Waals surface area contributed by atoms with Crippen molar-refractivity contribution in [2.24, 2.45) is 0 Å². The van der Waals surface area contributed by atoms with Crippen LogP contribution in [-0.4, -0.2) is 46.0 Å². The average Bonchev–Trinajstić information content (AvgIpc) is 2.45. The van der Waals surface area contributed by atoms with Gasteiger partial charge in [-0.15, -0.1) is 0 Å². The molecule has 0 saturated heterocycles. The second kappa shape index (κ2) is 8.29.